The molecule has 1 heterocycles. The van der Waals surface area contributed by atoms with Gasteiger partial charge in [0.15, 0.2) is 17.5 Å². The van der Waals surface area contributed by atoms with Crippen LogP contribution in [-0.4, -0.2) is 15.0 Å². The molecule has 57 heavy (non-hydrogen) atoms. The van der Waals surface area contributed by atoms with E-state index in [4.69, 9.17) is 15.0 Å². The van der Waals surface area contributed by atoms with Crippen LogP contribution in [0.25, 0.3) is 67.5 Å². The van der Waals surface area contributed by atoms with E-state index >= 15 is 0 Å². The number of nitriles is 1. The van der Waals surface area contributed by atoms with Crippen LogP contribution in [0.2, 0.25) is 0 Å². The van der Waals surface area contributed by atoms with Crippen LogP contribution in [0.1, 0.15) is 73.8 Å². The maximum Gasteiger partial charge on any atom is 0.164 e. The average Bonchev–Trinajstić information content (AvgIpc) is 3.67. The lowest BCUT2D eigenvalue weighted by molar-refractivity contribution is -0.0399. The Morgan fingerprint density at radius 1 is 0.474 bits per heavy atom. The molecule has 0 amide bonds. The lowest BCUT2D eigenvalue weighted by atomic mass is 9.43. The van der Waals surface area contributed by atoms with Crippen LogP contribution in [0.15, 0.2) is 133 Å². The van der Waals surface area contributed by atoms with Crippen LogP contribution in [-0.2, 0) is 10.8 Å². The van der Waals surface area contributed by atoms with E-state index in [-0.39, 0.29) is 10.8 Å². The maximum atomic E-state index is 10.1. The van der Waals surface area contributed by atoms with Gasteiger partial charge in [0.1, 0.15) is 0 Å². The van der Waals surface area contributed by atoms with Crippen LogP contribution >= 0.6 is 0 Å². The highest BCUT2D eigenvalue weighted by Crippen LogP contribution is 2.70. The van der Waals surface area contributed by atoms with Crippen molar-refractivity contribution in [2.75, 3.05) is 0 Å². The largest absolute Gasteiger partial charge is 0.208 e. The number of benzene rings is 6. The molecule has 6 aliphatic carbocycles. The molecule has 4 bridgehead atoms. The first kappa shape index (κ1) is 33.0. The van der Waals surface area contributed by atoms with Gasteiger partial charge in [-0.2, -0.15) is 5.26 Å². The molecule has 13 rings (SSSR count). The van der Waals surface area contributed by atoms with E-state index in [0.29, 0.717) is 29.3 Å². The zero-order valence-corrected chi connectivity index (χ0v) is 32.3. The zero-order valence-electron chi connectivity index (χ0n) is 32.3. The van der Waals surface area contributed by atoms with Gasteiger partial charge in [-0.05, 0) is 130 Å². The van der Waals surface area contributed by atoms with Crippen molar-refractivity contribution in [2.45, 2.75) is 56.8 Å². The van der Waals surface area contributed by atoms with Crippen molar-refractivity contribution in [3.8, 4) is 73.6 Å². The molecule has 274 valence electrons. The van der Waals surface area contributed by atoms with Crippen LogP contribution in [0.4, 0.5) is 0 Å². The molecular formula is C53H42N4. The maximum absolute atomic E-state index is 10.1. The molecule has 0 radical (unpaired) electrons. The van der Waals surface area contributed by atoms with Gasteiger partial charge >= 0.3 is 0 Å². The Labute approximate surface area is 334 Å². The number of fused-ring (bicyclic) bond motifs is 6. The highest BCUT2D eigenvalue weighted by atomic mass is 15.0. The van der Waals surface area contributed by atoms with Gasteiger partial charge < -0.3 is 0 Å². The van der Waals surface area contributed by atoms with E-state index in [0.717, 1.165) is 34.1 Å². The lowest BCUT2D eigenvalue weighted by Gasteiger charge is -2.61. The third kappa shape index (κ3) is 4.57. The minimum absolute atomic E-state index is 0.0177. The smallest absolute Gasteiger partial charge is 0.164 e. The van der Waals surface area contributed by atoms with E-state index in [1.165, 1.54) is 87.7 Å². The van der Waals surface area contributed by atoms with Crippen LogP contribution < -0.4 is 0 Å². The monoisotopic (exact) mass is 734 g/mol. The predicted molar refractivity (Wildman–Crippen MR) is 227 cm³/mol. The first-order valence-corrected chi connectivity index (χ1v) is 20.8. The second-order valence-corrected chi connectivity index (χ2v) is 17.9. The van der Waals surface area contributed by atoms with E-state index in [9.17, 15) is 5.26 Å². The number of nitrogens with zero attached hydrogens (tertiary/aromatic N) is 4. The second kappa shape index (κ2) is 11.9. The molecule has 0 N–H and O–H groups in total. The third-order valence-electron chi connectivity index (χ3n) is 14.7. The van der Waals surface area contributed by atoms with E-state index in [1.54, 1.807) is 0 Å². The quantitative estimate of drug-likeness (QED) is 0.181. The minimum atomic E-state index is -0.339. The number of hydrogen-bond donors (Lipinski definition) is 0. The van der Waals surface area contributed by atoms with Gasteiger partial charge in [-0.1, -0.05) is 129 Å². The molecule has 0 aliphatic heterocycles. The summed E-state index contributed by atoms with van der Waals surface area (Å²) in [6.45, 7) is 4.77. The molecule has 6 aromatic carbocycles. The fraction of sp³-hybridized carbons (Fsp3) is 0.245. The summed E-state index contributed by atoms with van der Waals surface area (Å²) < 4.78 is 0. The van der Waals surface area contributed by atoms with Crippen molar-refractivity contribution in [3.05, 3.63) is 161 Å². The molecule has 4 fully saturated rings. The van der Waals surface area contributed by atoms with Gasteiger partial charge in [0.2, 0.25) is 0 Å². The Kier molecular flexibility index (Phi) is 6.90. The Balaban J connectivity index is 1.03. The Morgan fingerprint density at radius 3 is 1.58 bits per heavy atom. The normalized spacial score (nSPS) is 23.8. The van der Waals surface area contributed by atoms with Crippen molar-refractivity contribution in [3.63, 3.8) is 0 Å². The van der Waals surface area contributed by atoms with E-state index in [1.807, 2.05) is 42.5 Å². The molecule has 1 spiro atoms. The Morgan fingerprint density at radius 2 is 0.982 bits per heavy atom. The van der Waals surface area contributed by atoms with Crippen LogP contribution in [0.5, 0.6) is 0 Å². The number of aromatic nitrogens is 3. The summed E-state index contributed by atoms with van der Waals surface area (Å²) in [5, 5.41) is 10.1. The topological polar surface area (TPSA) is 62.5 Å². The van der Waals surface area contributed by atoms with Gasteiger partial charge in [0, 0.05) is 27.5 Å². The second-order valence-electron chi connectivity index (χ2n) is 17.9. The highest BCUT2D eigenvalue weighted by Gasteiger charge is 2.61. The highest BCUT2D eigenvalue weighted by molar-refractivity contribution is 5.93. The summed E-state index contributed by atoms with van der Waals surface area (Å²) in [4.78, 5) is 15.4. The van der Waals surface area contributed by atoms with Crippen molar-refractivity contribution >= 4 is 0 Å². The molecule has 0 atom stereocenters. The molecule has 0 unspecified atom stereocenters. The van der Waals surface area contributed by atoms with Crippen molar-refractivity contribution in [1.82, 2.24) is 15.0 Å². The van der Waals surface area contributed by atoms with Gasteiger partial charge in [0.05, 0.1) is 11.6 Å². The average molecular weight is 735 g/mol. The number of rotatable bonds is 4. The minimum Gasteiger partial charge on any atom is -0.208 e. The molecule has 6 aliphatic rings. The van der Waals surface area contributed by atoms with Gasteiger partial charge in [0.25, 0.3) is 0 Å². The summed E-state index contributed by atoms with van der Waals surface area (Å²) in [7, 11) is 0. The Bertz CT molecular complexity index is 2760. The Hall–Kier alpha value is -6.18. The molecule has 4 nitrogen and oxygen atoms in total. The summed E-state index contributed by atoms with van der Waals surface area (Å²) >= 11 is 0. The van der Waals surface area contributed by atoms with Crippen LogP contribution in [0, 0.1) is 35.0 Å². The number of hydrogen-bond acceptors (Lipinski definition) is 4. The third-order valence-corrected chi connectivity index (χ3v) is 14.7. The molecule has 0 saturated heterocycles. The molecule has 1 aromatic heterocycles. The first-order chi connectivity index (χ1) is 27.9. The molecule has 7 aromatic rings. The SMILES string of the molecule is CC1(C)c2c(-c3ccc4c(c3)C3(c5cc(C#N)ccc5-4)C4CC5CC(C4)CC3C5)cccc2-c2cccc(-c3nc(-c4ccccc4)nc(-c4ccccc4)n3)c21. The summed E-state index contributed by atoms with van der Waals surface area (Å²) in [6, 6.07) is 50.4. The van der Waals surface area contributed by atoms with Crippen molar-refractivity contribution in [1.29, 1.82) is 5.26 Å². The van der Waals surface area contributed by atoms with Gasteiger partial charge in [-0.25, -0.2) is 15.0 Å². The predicted octanol–water partition coefficient (Wildman–Crippen LogP) is 12.4. The summed E-state index contributed by atoms with van der Waals surface area (Å²) in [5.74, 6) is 5.01. The standard InChI is InChI=1S/C53H42N4/c1-52(2)47-39(36-20-22-41-40-21-19-31(30-54)28-45(40)53(46(41)29-36)37-24-32-23-33(26-37)27-38(53)25-32)15-9-16-42(47)43-17-10-18-44(48(43)52)51-56-49(34-11-5-3-6-12-34)55-50(57-51)35-13-7-4-8-14-35/h3-22,28-29,32-33,37-38H,23-27H2,1-2H3. The van der Waals surface area contributed by atoms with Crippen LogP contribution in [0.3, 0.4) is 0 Å². The first-order valence-electron chi connectivity index (χ1n) is 20.8. The summed E-state index contributed by atoms with van der Waals surface area (Å²) in [5.41, 5.74) is 16.8. The van der Waals surface area contributed by atoms with E-state index < -0.39 is 0 Å². The molecular weight excluding hydrogens is 693 g/mol. The van der Waals surface area contributed by atoms with Gasteiger partial charge in [-0.15, -0.1) is 0 Å². The molecule has 4 saturated carbocycles. The summed E-state index contributed by atoms with van der Waals surface area (Å²) in [6.07, 6.45) is 6.67. The van der Waals surface area contributed by atoms with Crippen molar-refractivity contribution in [2.24, 2.45) is 23.7 Å². The fourth-order valence-corrected chi connectivity index (χ4v) is 12.8. The fourth-order valence-electron chi connectivity index (χ4n) is 12.8. The van der Waals surface area contributed by atoms with Gasteiger partial charge in [-0.3, -0.25) is 0 Å². The van der Waals surface area contributed by atoms with Crippen molar-refractivity contribution < 1.29 is 0 Å². The molecule has 4 heteroatoms. The zero-order chi connectivity index (χ0) is 38.0. The lowest BCUT2D eigenvalue weighted by Crippen LogP contribution is -2.55. The van der Waals surface area contributed by atoms with E-state index in [2.05, 4.69) is 111 Å².